The van der Waals surface area contributed by atoms with Crippen molar-refractivity contribution >= 4 is 49.7 Å². The highest BCUT2D eigenvalue weighted by atomic mass is 32.2. The number of aromatic nitrogens is 1. The number of sulfonamides is 1. The summed E-state index contributed by atoms with van der Waals surface area (Å²) in [7, 11) is -3.78. The molecule has 0 bridgehead atoms. The molecule has 1 aliphatic rings. The van der Waals surface area contributed by atoms with Crippen LogP contribution in [0.25, 0.3) is 10.4 Å². The molecule has 0 spiro atoms. The second kappa shape index (κ2) is 9.40. The van der Waals surface area contributed by atoms with Crippen molar-refractivity contribution in [3.8, 4) is 10.4 Å². The fourth-order valence-corrected chi connectivity index (χ4v) is 6.40. The normalized spacial score (nSPS) is 13.2. The highest BCUT2D eigenvalue weighted by molar-refractivity contribution is 7.92. The van der Waals surface area contributed by atoms with Gasteiger partial charge in [-0.25, -0.2) is 13.4 Å². The van der Waals surface area contributed by atoms with Crippen molar-refractivity contribution in [1.29, 1.82) is 0 Å². The third kappa shape index (κ3) is 4.73. The van der Waals surface area contributed by atoms with Crippen molar-refractivity contribution in [1.82, 2.24) is 4.98 Å². The largest absolute Gasteiger partial charge is 0.323 e. The zero-order chi connectivity index (χ0) is 24.5. The molecule has 8 nitrogen and oxygen atoms in total. The Balaban J connectivity index is 1.63. The molecule has 176 valence electrons. The average molecular weight is 497 g/mol. The first-order chi connectivity index (χ1) is 16.2. The van der Waals surface area contributed by atoms with Crippen molar-refractivity contribution in [3.63, 3.8) is 0 Å². The van der Waals surface area contributed by atoms with Crippen molar-refractivity contribution < 1.29 is 18.0 Å². The van der Waals surface area contributed by atoms with Crippen molar-refractivity contribution in [2.45, 2.75) is 31.6 Å². The molecule has 10 heteroatoms. The van der Waals surface area contributed by atoms with E-state index in [9.17, 15) is 18.0 Å². The quantitative estimate of drug-likeness (QED) is 0.494. The number of anilines is 3. The van der Waals surface area contributed by atoms with Crippen LogP contribution >= 0.6 is 11.3 Å². The van der Waals surface area contributed by atoms with Gasteiger partial charge in [0.25, 0.3) is 10.0 Å². The molecule has 3 aromatic rings. The van der Waals surface area contributed by atoms with Crippen molar-refractivity contribution in [2.75, 3.05) is 21.5 Å². The Morgan fingerprint density at radius 2 is 1.88 bits per heavy atom. The Kier molecular flexibility index (Phi) is 6.54. The van der Waals surface area contributed by atoms with Gasteiger partial charge in [-0.2, -0.15) is 0 Å². The van der Waals surface area contributed by atoms with E-state index >= 15 is 0 Å². The molecule has 1 aromatic heterocycles. The van der Waals surface area contributed by atoms with E-state index < -0.39 is 10.0 Å². The lowest BCUT2D eigenvalue weighted by atomic mass is 10.00. The maximum absolute atomic E-state index is 13.4. The Morgan fingerprint density at radius 1 is 1.15 bits per heavy atom. The fraction of sp³-hybridized carbons (Fsp3) is 0.208. The van der Waals surface area contributed by atoms with E-state index in [2.05, 4.69) is 22.2 Å². The number of carbonyl (C=O) groups excluding carboxylic acids is 2. The summed E-state index contributed by atoms with van der Waals surface area (Å²) in [4.78, 5) is 28.3. The highest BCUT2D eigenvalue weighted by Crippen LogP contribution is 2.38. The number of nitrogens with one attached hydrogen (secondary N) is 2. The molecular formula is C24H24N4O4S2. The van der Waals surface area contributed by atoms with Gasteiger partial charge >= 0.3 is 0 Å². The summed E-state index contributed by atoms with van der Waals surface area (Å²) in [5.74, 6) is -0.542. The number of carbonyl (C=O) groups is 2. The molecule has 2 aromatic carbocycles. The van der Waals surface area contributed by atoms with Gasteiger partial charge in [0.2, 0.25) is 11.8 Å². The smallest absolute Gasteiger partial charge is 0.264 e. The van der Waals surface area contributed by atoms with Crippen LogP contribution in [0.1, 0.15) is 24.6 Å². The topological polar surface area (TPSA) is 108 Å². The number of fused-ring (bicyclic) bond motifs is 1. The van der Waals surface area contributed by atoms with Gasteiger partial charge in [0.15, 0.2) is 5.13 Å². The number of nitrogens with zero attached hydrogens (tertiary/aromatic N) is 2. The molecule has 2 amide bonds. The van der Waals surface area contributed by atoms with Crippen LogP contribution in [0.15, 0.2) is 60.0 Å². The summed E-state index contributed by atoms with van der Waals surface area (Å²) in [5.41, 5.74) is 3.83. The van der Waals surface area contributed by atoms with Gasteiger partial charge in [0, 0.05) is 19.2 Å². The van der Waals surface area contributed by atoms with E-state index in [1.807, 2.05) is 25.1 Å². The van der Waals surface area contributed by atoms with Gasteiger partial charge in [-0.1, -0.05) is 24.0 Å². The first-order valence-electron chi connectivity index (χ1n) is 10.6. The van der Waals surface area contributed by atoms with Gasteiger partial charge in [0.05, 0.1) is 21.2 Å². The molecule has 34 heavy (non-hydrogen) atoms. The van der Waals surface area contributed by atoms with Crippen LogP contribution in [0.4, 0.5) is 16.5 Å². The number of aryl methyl sites for hydroxylation is 2. The Hall–Kier alpha value is -3.50. The van der Waals surface area contributed by atoms with E-state index in [1.54, 1.807) is 12.1 Å². The predicted molar refractivity (Wildman–Crippen MR) is 135 cm³/mol. The third-order valence-corrected chi connectivity index (χ3v) is 8.34. The van der Waals surface area contributed by atoms with Crippen LogP contribution in [0.3, 0.4) is 0 Å². The average Bonchev–Trinajstić information content (AvgIpc) is 3.17. The lowest BCUT2D eigenvalue weighted by molar-refractivity contribution is -0.114. The molecule has 0 fully saturated rings. The van der Waals surface area contributed by atoms with Crippen LogP contribution in [0.2, 0.25) is 0 Å². The second-order valence-corrected chi connectivity index (χ2v) is 10.7. The zero-order valence-corrected chi connectivity index (χ0v) is 20.4. The summed E-state index contributed by atoms with van der Waals surface area (Å²) in [6, 6.07) is 11.8. The number of rotatable bonds is 6. The monoisotopic (exact) mass is 496 g/mol. The molecule has 0 saturated carbocycles. The van der Waals surface area contributed by atoms with E-state index in [1.165, 1.54) is 34.7 Å². The molecule has 0 atom stereocenters. The Labute approximate surface area is 202 Å². The van der Waals surface area contributed by atoms with E-state index in [-0.39, 0.29) is 16.7 Å². The number of amides is 2. The van der Waals surface area contributed by atoms with Crippen LogP contribution in [0, 0.1) is 6.92 Å². The van der Waals surface area contributed by atoms with Crippen LogP contribution in [0.5, 0.6) is 0 Å². The van der Waals surface area contributed by atoms with Crippen LogP contribution in [-0.2, 0) is 26.0 Å². The molecule has 2 N–H and O–H groups in total. The minimum Gasteiger partial charge on any atom is -0.323 e. The number of thiazole rings is 1. The van der Waals surface area contributed by atoms with Gasteiger partial charge in [-0.15, -0.1) is 0 Å². The standard InChI is InChI=1S/C24H24N4O4S2/c1-4-22(30)27-19-8-10-20(11-9-19)34(31,32)28-13-5-6-17-14-18(7-12-21(17)28)23-15(2)25-24(33-23)26-16(3)29/h4,7-12,14H,1,5-6,13H2,2-3H3,(H,27,30)(H,25,26,29). The summed E-state index contributed by atoms with van der Waals surface area (Å²) in [6.07, 6.45) is 2.61. The van der Waals surface area contributed by atoms with Crippen molar-refractivity contribution in [3.05, 3.63) is 66.4 Å². The highest BCUT2D eigenvalue weighted by Gasteiger charge is 2.29. The third-order valence-electron chi connectivity index (χ3n) is 5.39. The lowest BCUT2D eigenvalue weighted by Gasteiger charge is -2.31. The molecule has 0 aliphatic carbocycles. The van der Waals surface area contributed by atoms with E-state index in [0.29, 0.717) is 29.5 Å². The Bertz CT molecular complexity index is 1380. The van der Waals surface area contributed by atoms with Crippen LogP contribution < -0.4 is 14.9 Å². The van der Waals surface area contributed by atoms with Gasteiger partial charge in [-0.05, 0) is 73.4 Å². The Morgan fingerprint density at radius 3 is 2.56 bits per heavy atom. The van der Waals surface area contributed by atoms with Crippen LogP contribution in [-0.4, -0.2) is 31.8 Å². The SMILES string of the molecule is C=CC(=O)Nc1ccc(S(=O)(=O)N2CCCc3cc(-c4sc(NC(C)=O)nc4C)ccc32)cc1. The number of hydrogen-bond acceptors (Lipinski definition) is 6. The minimum atomic E-state index is -3.78. The fourth-order valence-electron chi connectivity index (χ4n) is 3.85. The summed E-state index contributed by atoms with van der Waals surface area (Å²) in [5, 5.41) is 5.86. The van der Waals surface area contributed by atoms with Gasteiger partial charge in [0.1, 0.15) is 0 Å². The summed E-state index contributed by atoms with van der Waals surface area (Å²) in [6.45, 7) is 7.11. The zero-order valence-electron chi connectivity index (χ0n) is 18.8. The maximum atomic E-state index is 13.4. The molecule has 1 aliphatic heterocycles. The van der Waals surface area contributed by atoms with Crippen molar-refractivity contribution in [2.24, 2.45) is 0 Å². The summed E-state index contributed by atoms with van der Waals surface area (Å²) < 4.78 is 28.3. The number of hydrogen-bond donors (Lipinski definition) is 2. The predicted octanol–water partition coefficient (Wildman–Crippen LogP) is 4.34. The maximum Gasteiger partial charge on any atom is 0.264 e. The van der Waals surface area contributed by atoms with E-state index in [4.69, 9.17) is 0 Å². The molecule has 0 radical (unpaired) electrons. The van der Waals surface area contributed by atoms with E-state index in [0.717, 1.165) is 34.2 Å². The van der Waals surface area contributed by atoms with Gasteiger partial charge in [-0.3, -0.25) is 13.9 Å². The molecule has 0 unspecified atom stereocenters. The molecular weight excluding hydrogens is 472 g/mol. The summed E-state index contributed by atoms with van der Waals surface area (Å²) >= 11 is 1.39. The minimum absolute atomic E-state index is 0.152. The molecule has 4 rings (SSSR count). The molecule has 2 heterocycles. The lowest BCUT2D eigenvalue weighted by Crippen LogP contribution is -2.35. The first-order valence-corrected chi connectivity index (χ1v) is 12.9. The van der Waals surface area contributed by atoms with Gasteiger partial charge < -0.3 is 10.6 Å². The number of benzene rings is 2. The second-order valence-electron chi connectivity index (χ2n) is 7.86. The first kappa shape index (κ1) is 23.7. The molecule has 0 saturated heterocycles.